The molecular weight excluding hydrogens is 556 g/mol. The molecule has 1 unspecified atom stereocenters. The Morgan fingerprint density at radius 2 is 1.51 bits per heavy atom. The average Bonchev–Trinajstić information content (AvgIpc) is 2.87. The summed E-state index contributed by atoms with van der Waals surface area (Å²) in [4.78, 5) is 48.4. The first-order valence-corrected chi connectivity index (χ1v) is 13.9. The molecule has 2 fully saturated rings. The van der Waals surface area contributed by atoms with E-state index >= 15 is 0 Å². The van der Waals surface area contributed by atoms with Gasteiger partial charge in [-0.3, -0.25) is 19.2 Å². The van der Waals surface area contributed by atoms with E-state index in [1.165, 1.54) is 33.5 Å². The van der Waals surface area contributed by atoms with Gasteiger partial charge in [0.2, 0.25) is 11.9 Å². The Hall–Kier alpha value is -2.95. The Morgan fingerprint density at radius 1 is 0.927 bits per heavy atom. The Kier molecular flexibility index (Phi) is 10.6. The van der Waals surface area contributed by atoms with Crippen LogP contribution in [-0.2, 0) is 53.4 Å². The summed E-state index contributed by atoms with van der Waals surface area (Å²) < 4.78 is 34.3. The number of methoxy groups -OCH3 is 1. The molecule has 2 aliphatic rings. The first-order valence-electron chi connectivity index (χ1n) is 13.5. The van der Waals surface area contributed by atoms with Crippen LogP contribution in [0.15, 0.2) is 23.8 Å². The van der Waals surface area contributed by atoms with E-state index in [0.717, 1.165) is 32.6 Å². The Morgan fingerprint density at radius 3 is 2.05 bits per heavy atom. The third-order valence-corrected chi connectivity index (χ3v) is 7.69. The highest BCUT2D eigenvalue weighted by Crippen LogP contribution is 2.45. The molecule has 41 heavy (non-hydrogen) atoms. The van der Waals surface area contributed by atoms with Crippen molar-refractivity contribution < 1.29 is 47.6 Å². The van der Waals surface area contributed by atoms with Crippen LogP contribution in [0.3, 0.4) is 0 Å². The first-order chi connectivity index (χ1) is 19.2. The van der Waals surface area contributed by atoms with Crippen molar-refractivity contribution in [3.8, 4) is 0 Å². The van der Waals surface area contributed by atoms with Gasteiger partial charge in [0.25, 0.3) is 0 Å². The number of ether oxygens (including phenoxy) is 6. The lowest BCUT2D eigenvalue weighted by atomic mass is 9.75. The molecule has 1 aliphatic heterocycles. The average molecular weight is 595 g/mol. The van der Waals surface area contributed by atoms with Gasteiger partial charge in [0.15, 0.2) is 12.2 Å². The maximum absolute atomic E-state index is 12.4. The molecule has 1 aliphatic carbocycles. The van der Waals surface area contributed by atoms with Crippen LogP contribution in [0, 0.1) is 5.41 Å². The highest BCUT2D eigenvalue weighted by atomic mass is 35.5. The molecule has 3 rings (SSSR count). The number of benzene rings is 1. The summed E-state index contributed by atoms with van der Waals surface area (Å²) in [5.74, 6) is -4.66. The van der Waals surface area contributed by atoms with Gasteiger partial charge >= 0.3 is 23.9 Å². The van der Waals surface area contributed by atoms with Gasteiger partial charge in [0.1, 0.15) is 12.7 Å². The van der Waals surface area contributed by atoms with Gasteiger partial charge < -0.3 is 28.4 Å². The number of hydrogen-bond donors (Lipinski definition) is 0. The van der Waals surface area contributed by atoms with Crippen LogP contribution in [0.2, 0.25) is 5.02 Å². The largest absolute Gasteiger partial charge is 0.463 e. The second kappa shape index (κ2) is 13.4. The molecule has 1 aromatic carbocycles. The minimum absolute atomic E-state index is 0.275. The third kappa shape index (κ3) is 8.08. The van der Waals surface area contributed by atoms with Crippen molar-refractivity contribution in [1.29, 1.82) is 0 Å². The predicted octanol–water partition coefficient (Wildman–Crippen LogP) is 4.88. The van der Waals surface area contributed by atoms with Gasteiger partial charge in [0.05, 0.1) is 0 Å². The van der Waals surface area contributed by atoms with Crippen molar-refractivity contribution in [2.24, 2.45) is 5.41 Å². The number of hydrogen-bond acceptors (Lipinski definition) is 10. The van der Waals surface area contributed by atoms with Gasteiger partial charge in [-0.05, 0) is 48.8 Å². The molecule has 1 saturated heterocycles. The molecular formula is C30H39ClO10. The molecule has 1 heterocycles. The van der Waals surface area contributed by atoms with E-state index in [-0.39, 0.29) is 12.0 Å². The molecule has 1 aromatic rings. The summed E-state index contributed by atoms with van der Waals surface area (Å²) in [5, 5.41) is 0.489. The maximum atomic E-state index is 12.4. The number of rotatable bonds is 8. The summed E-state index contributed by atoms with van der Waals surface area (Å²) in [7, 11) is 1.34. The van der Waals surface area contributed by atoms with E-state index in [2.05, 4.69) is 13.8 Å². The lowest BCUT2D eigenvalue weighted by Gasteiger charge is -2.50. The smallest absolute Gasteiger partial charge is 0.303 e. The summed E-state index contributed by atoms with van der Waals surface area (Å²) in [6.07, 6.45) is 0.716. The fourth-order valence-corrected chi connectivity index (χ4v) is 5.44. The molecule has 0 amide bonds. The van der Waals surface area contributed by atoms with E-state index in [1.54, 1.807) is 18.2 Å². The highest BCUT2D eigenvalue weighted by molar-refractivity contribution is 6.32. The maximum Gasteiger partial charge on any atom is 0.303 e. The fourth-order valence-electron chi connectivity index (χ4n) is 5.26. The molecule has 0 bridgehead atoms. The lowest BCUT2D eigenvalue weighted by molar-refractivity contribution is -0.367. The monoisotopic (exact) mass is 594 g/mol. The van der Waals surface area contributed by atoms with E-state index in [0.29, 0.717) is 16.1 Å². The lowest BCUT2D eigenvalue weighted by Crippen LogP contribution is -2.67. The quantitative estimate of drug-likeness (QED) is 0.304. The van der Waals surface area contributed by atoms with Crippen LogP contribution in [0.5, 0.6) is 0 Å². The van der Waals surface area contributed by atoms with E-state index in [4.69, 9.17) is 40.0 Å². The van der Waals surface area contributed by atoms with Crippen molar-refractivity contribution >= 4 is 41.6 Å². The van der Waals surface area contributed by atoms with Gasteiger partial charge in [-0.25, -0.2) is 0 Å². The molecule has 10 nitrogen and oxygen atoms in total. The zero-order chi connectivity index (χ0) is 30.5. The topological polar surface area (TPSA) is 124 Å². The molecule has 226 valence electrons. The van der Waals surface area contributed by atoms with Crippen LogP contribution in [0.4, 0.5) is 0 Å². The van der Waals surface area contributed by atoms with E-state index < -0.39 is 54.1 Å². The first kappa shape index (κ1) is 32.6. The predicted molar refractivity (Wildman–Crippen MR) is 149 cm³/mol. The summed E-state index contributed by atoms with van der Waals surface area (Å²) in [6.45, 7) is 8.86. The zero-order valence-corrected chi connectivity index (χ0v) is 25.4. The molecule has 0 radical (unpaired) electrons. The van der Waals surface area contributed by atoms with Crippen LogP contribution in [0.1, 0.15) is 78.4 Å². The number of carbonyl (C=O) groups excluding carboxylic acids is 4. The normalized spacial score (nSPS) is 27.4. The Labute approximate surface area is 245 Å². The summed E-state index contributed by atoms with van der Waals surface area (Å²) >= 11 is 6.62. The Bertz CT molecular complexity index is 1180. The fraction of sp³-hybridized carbons (Fsp3) is 0.600. The standard InChI is InChI=1S/C30H39ClO10/c1-17(32)37-16-25-26(38-18(2)33)27(39-19(3)34)28(40-20(4)35)30(36-7,41-25)23-8-9-24(31)22(15-23)14-21-10-12-29(5,6)13-11-21/h8-9,14-15,25-28H,10-13,16H2,1-7H3/t25-,26-,27+,28-,30?/m1/s1. The van der Waals surface area contributed by atoms with Gasteiger partial charge in [-0.1, -0.05) is 43.2 Å². The molecule has 5 atom stereocenters. The van der Waals surface area contributed by atoms with E-state index in [1.807, 2.05) is 6.08 Å². The van der Waals surface area contributed by atoms with Crippen molar-refractivity contribution in [2.45, 2.75) is 97.4 Å². The Balaban J connectivity index is 2.17. The number of carbonyl (C=O) groups is 4. The summed E-state index contributed by atoms with van der Waals surface area (Å²) in [6, 6.07) is 5.08. The van der Waals surface area contributed by atoms with Crippen molar-refractivity contribution in [3.63, 3.8) is 0 Å². The highest BCUT2D eigenvalue weighted by Gasteiger charge is 2.61. The second-order valence-electron chi connectivity index (χ2n) is 11.2. The third-order valence-electron chi connectivity index (χ3n) is 7.34. The second-order valence-corrected chi connectivity index (χ2v) is 11.6. The van der Waals surface area contributed by atoms with Crippen LogP contribution in [-0.4, -0.2) is 62.0 Å². The number of esters is 4. The minimum atomic E-state index is -1.88. The SMILES string of the molecule is COC1(c2ccc(Cl)c(C=C3CCC(C)(C)CC3)c2)O[C@H](COC(C)=O)[C@@H](OC(C)=O)[C@H](OC(C)=O)[C@H]1OC(C)=O. The molecule has 0 aromatic heterocycles. The summed E-state index contributed by atoms with van der Waals surface area (Å²) in [5.41, 5.74) is 2.61. The van der Waals surface area contributed by atoms with Gasteiger partial charge in [-0.15, -0.1) is 0 Å². The zero-order valence-electron chi connectivity index (χ0n) is 24.6. The van der Waals surface area contributed by atoms with Gasteiger partial charge in [0, 0.05) is 45.4 Å². The van der Waals surface area contributed by atoms with Gasteiger partial charge in [-0.2, -0.15) is 0 Å². The van der Waals surface area contributed by atoms with Crippen molar-refractivity contribution in [1.82, 2.24) is 0 Å². The molecule has 1 saturated carbocycles. The minimum Gasteiger partial charge on any atom is -0.463 e. The van der Waals surface area contributed by atoms with Crippen molar-refractivity contribution in [2.75, 3.05) is 13.7 Å². The molecule has 11 heteroatoms. The van der Waals surface area contributed by atoms with Crippen LogP contribution in [0.25, 0.3) is 6.08 Å². The van der Waals surface area contributed by atoms with Crippen LogP contribution < -0.4 is 0 Å². The number of allylic oxidation sites excluding steroid dienone is 1. The van der Waals surface area contributed by atoms with Crippen LogP contribution >= 0.6 is 11.6 Å². The van der Waals surface area contributed by atoms with Crippen molar-refractivity contribution in [3.05, 3.63) is 39.9 Å². The molecule has 0 N–H and O–H groups in total. The van der Waals surface area contributed by atoms with E-state index in [9.17, 15) is 19.2 Å². The molecule has 0 spiro atoms. The number of halogens is 1.